The van der Waals surface area contributed by atoms with Gasteiger partial charge in [-0.3, -0.25) is 4.40 Å². The molecule has 0 spiro atoms. The molecule has 0 N–H and O–H groups in total. The fraction of sp³-hybridized carbons (Fsp3) is 0. The summed E-state index contributed by atoms with van der Waals surface area (Å²) in [5, 5.41) is 5.61. The largest absolute Gasteiger partial charge is 0.284 e. The zero-order valence-electron chi connectivity index (χ0n) is 26.3. The zero-order chi connectivity index (χ0) is 32.3. The number of para-hydroxylation sites is 1. The van der Waals surface area contributed by atoms with Gasteiger partial charge in [-0.15, -0.1) is 0 Å². The van der Waals surface area contributed by atoms with E-state index in [-0.39, 0.29) is 0 Å². The van der Waals surface area contributed by atoms with Gasteiger partial charge >= 0.3 is 0 Å². The average molecular weight is 626 g/mol. The number of hydrogen-bond donors (Lipinski definition) is 0. The first-order chi connectivity index (χ1) is 24.3. The van der Waals surface area contributed by atoms with E-state index in [1.165, 1.54) is 10.8 Å². The predicted octanol–water partition coefficient (Wildman–Crippen LogP) is 10.8. The predicted molar refractivity (Wildman–Crippen MR) is 200 cm³/mol. The van der Waals surface area contributed by atoms with Gasteiger partial charge in [-0.1, -0.05) is 140 Å². The molecular formula is C44H27N5. The Balaban J connectivity index is 1.02. The second kappa shape index (κ2) is 10.9. The fourth-order valence-electron chi connectivity index (χ4n) is 7.03. The quantitative estimate of drug-likeness (QED) is 0.195. The molecule has 49 heavy (non-hydrogen) atoms. The third kappa shape index (κ3) is 4.48. The third-order valence-corrected chi connectivity index (χ3v) is 9.44. The van der Waals surface area contributed by atoms with Gasteiger partial charge in [-0.05, 0) is 40.1 Å². The number of imidazole rings is 1. The summed E-state index contributed by atoms with van der Waals surface area (Å²) < 4.78 is 2.06. The van der Waals surface area contributed by atoms with Crippen LogP contribution in [0, 0.1) is 0 Å². The molecule has 4 heterocycles. The first-order valence-electron chi connectivity index (χ1n) is 16.4. The molecule has 4 aromatic heterocycles. The normalized spacial score (nSPS) is 11.7. The smallest absolute Gasteiger partial charge is 0.165 e. The minimum atomic E-state index is 0.712. The topological polar surface area (TPSA) is 56.0 Å². The Labute approximate surface area is 281 Å². The number of hydrogen-bond acceptors (Lipinski definition) is 4. The summed E-state index contributed by atoms with van der Waals surface area (Å²) in [6.07, 6.45) is 2.02. The second-order valence-electron chi connectivity index (χ2n) is 12.3. The molecule has 228 valence electrons. The Kier molecular flexibility index (Phi) is 6.11. The third-order valence-electron chi connectivity index (χ3n) is 9.44. The summed E-state index contributed by atoms with van der Waals surface area (Å²) in [5.41, 5.74) is 10.9. The molecule has 0 aliphatic rings. The van der Waals surface area contributed by atoms with E-state index in [1.807, 2.05) is 30.5 Å². The van der Waals surface area contributed by atoms with E-state index in [0.717, 1.165) is 77.7 Å². The van der Waals surface area contributed by atoms with E-state index in [0.29, 0.717) is 5.82 Å². The van der Waals surface area contributed by atoms with Crippen molar-refractivity contribution in [2.24, 2.45) is 0 Å². The molecule has 0 fully saturated rings. The Morgan fingerprint density at radius 2 is 1.02 bits per heavy atom. The van der Waals surface area contributed by atoms with Crippen LogP contribution in [-0.2, 0) is 0 Å². The number of pyridine rings is 2. The lowest BCUT2D eigenvalue weighted by atomic mass is 9.98. The summed E-state index contributed by atoms with van der Waals surface area (Å²) in [6, 6.07) is 54.8. The van der Waals surface area contributed by atoms with Gasteiger partial charge in [0.05, 0.1) is 16.9 Å². The Morgan fingerprint density at radius 1 is 0.388 bits per heavy atom. The van der Waals surface area contributed by atoms with Crippen LogP contribution in [0.3, 0.4) is 0 Å². The summed E-state index contributed by atoms with van der Waals surface area (Å²) in [6.45, 7) is 0. The lowest BCUT2D eigenvalue weighted by Gasteiger charge is -2.12. The highest BCUT2D eigenvalue weighted by atomic mass is 15.1. The maximum absolute atomic E-state index is 5.18. The first-order valence-corrected chi connectivity index (χ1v) is 16.4. The van der Waals surface area contributed by atoms with Crippen LogP contribution in [0.25, 0.3) is 94.3 Å². The molecule has 0 amide bonds. The van der Waals surface area contributed by atoms with Gasteiger partial charge in [-0.25, -0.2) is 19.9 Å². The minimum absolute atomic E-state index is 0.712. The molecule has 5 heteroatoms. The van der Waals surface area contributed by atoms with Crippen LogP contribution in [0.2, 0.25) is 0 Å². The molecule has 0 saturated heterocycles. The number of rotatable bonds is 4. The monoisotopic (exact) mass is 625 g/mol. The molecule has 0 unspecified atom stereocenters. The van der Waals surface area contributed by atoms with Crippen molar-refractivity contribution in [3.05, 3.63) is 164 Å². The van der Waals surface area contributed by atoms with Crippen molar-refractivity contribution in [3.8, 4) is 45.0 Å². The summed E-state index contributed by atoms with van der Waals surface area (Å²) in [7, 11) is 0. The Morgan fingerprint density at radius 3 is 1.84 bits per heavy atom. The molecule has 0 aliphatic heterocycles. The second-order valence-corrected chi connectivity index (χ2v) is 12.3. The summed E-state index contributed by atoms with van der Waals surface area (Å²) in [5.74, 6) is 0.712. The molecule has 10 aromatic rings. The maximum Gasteiger partial charge on any atom is 0.165 e. The van der Waals surface area contributed by atoms with E-state index in [2.05, 4.69) is 138 Å². The van der Waals surface area contributed by atoms with E-state index in [1.54, 1.807) is 0 Å². The van der Waals surface area contributed by atoms with Crippen molar-refractivity contribution in [3.63, 3.8) is 0 Å². The molecular weight excluding hydrogens is 599 g/mol. The summed E-state index contributed by atoms with van der Waals surface area (Å²) >= 11 is 0. The van der Waals surface area contributed by atoms with Gasteiger partial charge in [0.1, 0.15) is 11.2 Å². The van der Waals surface area contributed by atoms with E-state index in [9.17, 15) is 0 Å². The maximum atomic E-state index is 5.18. The van der Waals surface area contributed by atoms with Crippen molar-refractivity contribution >= 4 is 49.3 Å². The van der Waals surface area contributed by atoms with E-state index >= 15 is 0 Å². The molecule has 0 atom stereocenters. The van der Waals surface area contributed by atoms with Crippen LogP contribution in [-0.4, -0.2) is 24.3 Å². The minimum Gasteiger partial charge on any atom is -0.284 e. The van der Waals surface area contributed by atoms with Gasteiger partial charge in [0.2, 0.25) is 0 Å². The summed E-state index contributed by atoms with van der Waals surface area (Å²) in [4.78, 5) is 20.2. The van der Waals surface area contributed by atoms with Gasteiger partial charge in [0.25, 0.3) is 0 Å². The first kappa shape index (κ1) is 27.4. The van der Waals surface area contributed by atoms with Gasteiger partial charge < -0.3 is 0 Å². The van der Waals surface area contributed by atoms with Crippen LogP contribution in [0.15, 0.2) is 164 Å². The lowest BCUT2D eigenvalue weighted by molar-refractivity contribution is 1.19. The molecule has 0 bridgehead atoms. The van der Waals surface area contributed by atoms with Gasteiger partial charge in [-0.2, -0.15) is 0 Å². The SMILES string of the molecule is c1ccc2c(-c3nc(-c4ccc(-c5ccc(-c6nc7c(nc8ccccn87)c7ccccc67)cc5)cc4)nc4ccccc34)cccc2c1. The molecule has 0 aliphatic carbocycles. The number of aromatic nitrogens is 5. The van der Waals surface area contributed by atoms with Gasteiger partial charge in [0.15, 0.2) is 11.5 Å². The van der Waals surface area contributed by atoms with Crippen LogP contribution >= 0.6 is 0 Å². The van der Waals surface area contributed by atoms with Crippen LogP contribution in [0.1, 0.15) is 0 Å². The number of fused-ring (bicyclic) bond motifs is 7. The lowest BCUT2D eigenvalue weighted by Crippen LogP contribution is -1.95. The Hall–Kier alpha value is -6.72. The van der Waals surface area contributed by atoms with Crippen molar-refractivity contribution in [1.29, 1.82) is 0 Å². The van der Waals surface area contributed by atoms with E-state index in [4.69, 9.17) is 19.9 Å². The Bertz CT molecular complexity index is 2860. The van der Waals surface area contributed by atoms with E-state index < -0.39 is 0 Å². The molecule has 0 radical (unpaired) electrons. The van der Waals surface area contributed by atoms with Crippen molar-refractivity contribution < 1.29 is 0 Å². The number of nitrogens with zero attached hydrogens (tertiary/aromatic N) is 5. The zero-order valence-corrected chi connectivity index (χ0v) is 26.3. The fourth-order valence-corrected chi connectivity index (χ4v) is 7.03. The van der Waals surface area contributed by atoms with Gasteiger partial charge in [0, 0.05) is 39.0 Å². The molecule has 10 rings (SSSR count). The molecule has 6 aromatic carbocycles. The highest BCUT2D eigenvalue weighted by Gasteiger charge is 2.16. The van der Waals surface area contributed by atoms with Crippen molar-refractivity contribution in [2.75, 3.05) is 0 Å². The molecule has 5 nitrogen and oxygen atoms in total. The van der Waals surface area contributed by atoms with Crippen molar-refractivity contribution in [2.45, 2.75) is 0 Å². The number of benzene rings is 6. The average Bonchev–Trinajstić information content (AvgIpc) is 3.56. The highest BCUT2D eigenvalue weighted by molar-refractivity contribution is 6.09. The molecule has 0 saturated carbocycles. The van der Waals surface area contributed by atoms with Crippen LogP contribution < -0.4 is 0 Å². The van der Waals surface area contributed by atoms with Crippen LogP contribution in [0.4, 0.5) is 0 Å². The van der Waals surface area contributed by atoms with Crippen molar-refractivity contribution in [1.82, 2.24) is 24.3 Å². The highest BCUT2D eigenvalue weighted by Crippen LogP contribution is 2.36. The standard InChI is InChI=1S/C44H27N5/c1-2-12-33-30(10-1)11-9-16-34(33)41-37-15-5-6-17-38(37)45-43(47-41)32-25-21-29(22-26-32)28-19-23-31(24-20-28)40-35-13-3-4-14-36(35)42-44(48-40)49-27-8-7-18-39(49)46-42/h1-27H. The van der Waals surface area contributed by atoms with Crippen LogP contribution in [0.5, 0.6) is 0 Å².